The molecule has 0 bridgehead atoms. The Bertz CT molecular complexity index is 1030. The number of pyridine rings is 1. The van der Waals surface area contributed by atoms with Crippen LogP contribution in [-0.4, -0.2) is 32.9 Å². The Kier molecular flexibility index (Phi) is 10.3. The lowest BCUT2D eigenvalue weighted by atomic mass is 9.89. The minimum Gasteiger partial charge on any atom is -0.496 e. The molecule has 1 unspecified atom stereocenters. The van der Waals surface area contributed by atoms with Gasteiger partial charge in [0.15, 0.2) is 0 Å². The van der Waals surface area contributed by atoms with Crippen molar-refractivity contribution >= 4 is 24.8 Å². The number of nitrogens with one attached hydrogen (secondary N) is 1. The van der Waals surface area contributed by atoms with Crippen LogP contribution in [0.5, 0.6) is 17.2 Å². The fraction of sp³-hybridized carbons (Fsp3) is 0.346. The number of aryl methyl sites for hydroxylation is 1. The maximum Gasteiger partial charge on any atom is 0.129 e. The van der Waals surface area contributed by atoms with Gasteiger partial charge >= 0.3 is 0 Å². The second-order valence-electron chi connectivity index (χ2n) is 7.78. The number of hydrogen-bond donors (Lipinski definition) is 1. The molecule has 3 aromatic rings. The molecule has 1 N–H and O–H groups in total. The topological polar surface area (TPSA) is 52.6 Å². The van der Waals surface area contributed by atoms with Crippen molar-refractivity contribution < 1.29 is 14.2 Å². The van der Waals surface area contributed by atoms with Crippen molar-refractivity contribution in [1.29, 1.82) is 0 Å². The molecule has 0 spiro atoms. The molecule has 178 valence electrons. The largest absolute Gasteiger partial charge is 0.496 e. The zero-order valence-corrected chi connectivity index (χ0v) is 20.9. The van der Waals surface area contributed by atoms with Crippen molar-refractivity contribution in [3.63, 3.8) is 0 Å². The Balaban J connectivity index is 0.00000193. The molecule has 1 aromatic heterocycles. The number of hydrogen-bond acceptors (Lipinski definition) is 5. The summed E-state index contributed by atoms with van der Waals surface area (Å²) in [6.45, 7) is 0.961. The third-order valence-electron chi connectivity index (χ3n) is 6.05. The number of methoxy groups -OCH3 is 3. The summed E-state index contributed by atoms with van der Waals surface area (Å²) in [5.74, 6) is 2.75. The van der Waals surface area contributed by atoms with E-state index < -0.39 is 0 Å². The number of rotatable bonds is 8. The Labute approximate surface area is 208 Å². The van der Waals surface area contributed by atoms with Gasteiger partial charge in [0.05, 0.1) is 21.3 Å². The van der Waals surface area contributed by atoms with E-state index in [-0.39, 0.29) is 30.9 Å². The van der Waals surface area contributed by atoms with Crippen LogP contribution in [0.1, 0.15) is 35.6 Å². The highest BCUT2D eigenvalue weighted by molar-refractivity contribution is 5.85. The molecule has 1 aliphatic rings. The van der Waals surface area contributed by atoms with Crippen LogP contribution in [0, 0.1) is 0 Å². The van der Waals surface area contributed by atoms with Gasteiger partial charge in [-0.15, -0.1) is 24.8 Å². The monoisotopic (exact) mass is 490 g/mol. The maximum atomic E-state index is 5.67. The summed E-state index contributed by atoms with van der Waals surface area (Å²) in [7, 11) is 5.17. The lowest BCUT2D eigenvalue weighted by Gasteiger charge is -2.30. The van der Waals surface area contributed by atoms with Crippen molar-refractivity contribution in [3.8, 4) is 28.4 Å². The quantitative estimate of drug-likeness (QED) is 0.430. The summed E-state index contributed by atoms with van der Waals surface area (Å²) in [5, 5.41) is 3.67. The van der Waals surface area contributed by atoms with Crippen LogP contribution in [0.25, 0.3) is 11.1 Å². The summed E-state index contributed by atoms with van der Waals surface area (Å²) in [4.78, 5) is 4.23. The average Bonchev–Trinajstić information content (AvgIpc) is 2.83. The molecule has 0 saturated heterocycles. The van der Waals surface area contributed by atoms with E-state index in [0.29, 0.717) is 0 Å². The Morgan fingerprint density at radius 3 is 2.27 bits per heavy atom. The van der Waals surface area contributed by atoms with E-state index in [1.165, 1.54) is 16.7 Å². The molecule has 2 aromatic carbocycles. The standard InChI is InChI=1S/C26H30N2O3.2ClH/c1-29-23-11-12-25(31-3)26-20(23)13-16-28-22(26)6-4-5-18-7-9-19(10-8-18)21-17-27-15-14-24(21)30-2;;/h7-12,14-15,17,22,28H,4-6,13,16H2,1-3H3;2*1H. The highest BCUT2D eigenvalue weighted by Crippen LogP contribution is 2.39. The van der Waals surface area contributed by atoms with Gasteiger partial charge in [0, 0.05) is 35.1 Å². The SMILES string of the molecule is COc1ccncc1-c1ccc(CCCC2NCCc3c(OC)ccc(OC)c32)cc1.Cl.Cl. The predicted molar refractivity (Wildman–Crippen MR) is 138 cm³/mol. The van der Waals surface area contributed by atoms with Crippen LogP contribution in [0.4, 0.5) is 0 Å². The summed E-state index contributed by atoms with van der Waals surface area (Å²) >= 11 is 0. The predicted octanol–water partition coefficient (Wildman–Crippen LogP) is 5.83. The normalized spacial score (nSPS) is 14.3. The van der Waals surface area contributed by atoms with Crippen molar-refractivity contribution in [2.24, 2.45) is 0 Å². The van der Waals surface area contributed by atoms with Crippen LogP contribution in [0.2, 0.25) is 0 Å². The molecule has 0 radical (unpaired) electrons. The fourth-order valence-corrected chi connectivity index (χ4v) is 4.49. The minimum atomic E-state index is 0. The maximum absolute atomic E-state index is 5.67. The lowest BCUT2D eigenvalue weighted by Crippen LogP contribution is -2.30. The number of benzene rings is 2. The molecule has 1 atom stereocenters. The Hall–Kier alpha value is -2.47. The summed E-state index contributed by atoms with van der Waals surface area (Å²) in [5.41, 5.74) is 6.00. The summed E-state index contributed by atoms with van der Waals surface area (Å²) in [6, 6.07) is 14.9. The third-order valence-corrected chi connectivity index (χ3v) is 6.05. The van der Waals surface area contributed by atoms with Gasteiger partial charge < -0.3 is 19.5 Å². The first-order valence-corrected chi connectivity index (χ1v) is 10.8. The molecule has 7 heteroatoms. The molecule has 4 rings (SSSR count). The smallest absolute Gasteiger partial charge is 0.129 e. The second kappa shape index (κ2) is 12.7. The van der Waals surface area contributed by atoms with E-state index in [1.807, 2.05) is 24.4 Å². The molecular weight excluding hydrogens is 459 g/mol. The zero-order chi connectivity index (χ0) is 21.6. The van der Waals surface area contributed by atoms with Gasteiger partial charge in [-0.2, -0.15) is 0 Å². The van der Waals surface area contributed by atoms with Crippen LogP contribution < -0.4 is 19.5 Å². The van der Waals surface area contributed by atoms with Crippen LogP contribution in [0.15, 0.2) is 54.9 Å². The van der Waals surface area contributed by atoms with E-state index in [4.69, 9.17) is 14.2 Å². The van der Waals surface area contributed by atoms with Gasteiger partial charge in [0.1, 0.15) is 17.2 Å². The van der Waals surface area contributed by atoms with Crippen LogP contribution in [-0.2, 0) is 12.8 Å². The minimum absolute atomic E-state index is 0. The summed E-state index contributed by atoms with van der Waals surface area (Å²) < 4.78 is 16.7. The number of fused-ring (bicyclic) bond motifs is 1. The summed E-state index contributed by atoms with van der Waals surface area (Å²) in [6.07, 6.45) is 7.73. The van der Waals surface area contributed by atoms with Crippen LogP contribution >= 0.6 is 24.8 Å². The molecule has 0 aliphatic carbocycles. The van der Waals surface area contributed by atoms with Crippen molar-refractivity contribution in [2.75, 3.05) is 27.9 Å². The van der Waals surface area contributed by atoms with Crippen molar-refractivity contribution in [1.82, 2.24) is 10.3 Å². The highest BCUT2D eigenvalue weighted by Gasteiger charge is 2.26. The molecule has 0 saturated carbocycles. The number of aromatic nitrogens is 1. The molecular formula is C26H32Cl2N2O3. The van der Waals surface area contributed by atoms with Gasteiger partial charge in [-0.1, -0.05) is 24.3 Å². The first-order valence-electron chi connectivity index (χ1n) is 10.8. The van der Waals surface area contributed by atoms with Gasteiger partial charge in [-0.3, -0.25) is 4.98 Å². The molecule has 5 nitrogen and oxygen atoms in total. The lowest BCUT2D eigenvalue weighted by molar-refractivity contribution is 0.369. The van der Waals surface area contributed by atoms with E-state index in [1.54, 1.807) is 27.5 Å². The van der Waals surface area contributed by atoms with E-state index in [2.05, 4.69) is 34.6 Å². The molecule has 0 amide bonds. The molecule has 2 heterocycles. The molecule has 33 heavy (non-hydrogen) atoms. The number of ether oxygens (including phenoxy) is 3. The van der Waals surface area contributed by atoms with Gasteiger partial charge in [-0.25, -0.2) is 0 Å². The van der Waals surface area contributed by atoms with Gasteiger partial charge in [-0.05, 0) is 61.6 Å². The van der Waals surface area contributed by atoms with Gasteiger partial charge in [0.25, 0.3) is 0 Å². The second-order valence-corrected chi connectivity index (χ2v) is 7.78. The first kappa shape index (κ1) is 26.8. The fourth-order valence-electron chi connectivity index (χ4n) is 4.49. The van der Waals surface area contributed by atoms with Gasteiger partial charge in [0.2, 0.25) is 0 Å². The average molecular weight is 491 g/mol. The van der Waals surface area contributed by atoms with Crippen LogP contribution in [0.3, 0.4) is 0 Å². The highest BCUT2D eigenvalue weighted by atomic mass is 35.5. The Morgan fingerprint density at radius 1 is 0.879 bits per heavy atom. The third kappa shape index (κ3) is 5.91. The van der Waals surface area contributed by atoms with E-state index in [0.717, 1.165) is 60.6 Å². The van der Waals surface area contributed by atoms with E-state index >= 15 is 0 Å². The number of halogens is 2. The number of nitrogens with zero attached hydrogens (tertiary/aromatic N) is 1. The molecule has 0 fully saturated rings. The molecule has 1 aliphatic heterocycles. The first-order chi connectivity index (χ1) is 15.2. The van der Waals surface area contributed by atoms with Crippen molar-refractivity contribution in [2.45, 2.75) is 31.7 Å². The zero-order valence-electron chi connectivity index (χ0n) is 19.3. The van der Waals surface area contributed by atoms with Crippen molar-refractivity contribution in [3.05, 3.63) is 71.5 Å². The Morgan fingerprint density at radius 2 is 1.58 bits per heavy atom. The van der Waals surface area contributed by atoms with E-state index in [9.17, 15) is 0 Å².